The third kappa shape index (κ3) is 3.36. The van der Waals surface area contributed by atoms with Gasteiger partial charge in [-0.15, -0.1) is 0 Å². The van der Waals surface area contributed by atoms with Gasteiger partial charge in [-0.05, 0) is 24.8 Å². The molecule has 2 saturated heterocycles. The summed E-state index contributed by atoms with van der Waals surface area (Å²) in [6.07, 6.45) is 1.67. The summed E-state index contributed by atoms with van der Waals surface area (Å²) in [4.78, 5) is 14.3. The number of ether oxygens (including phenoxy) is 3. The van der Waals surface area contributed by atoms with E-state index in [1.165, 1.54) is 0 Å². The van der Waals surface area contributed by atoms with Crippen molar-refractivity contribution in [2.24, 2.45) is 5.11 Å². The lowest BCUT2D eigenvalue weighted by atomic mass is 9.94. The van der Waals surface area contributed by atoms with Crippen molar-refractivity contribution >= 4 is 5.97 Å². The topological polar surface area (TPSA) is 134 Å². The SMILES string of the molecule is [N-]=[N+]=N[C@H]([C@@H]1OC2(CCCCC2)O[C@@H]1[C@H](O)CO)[C@H]1CCC(=O)O1. The van der Waals surface area contributed by atoms with Crippen molar-refractivity contribution in [3.8, 4) is 0 Å². The lowest BCUT2D eigenvalue weighted by Gasteiger charge is -2.32. The van der Waals surface area contributed by atoms with Gasteiger partial charge in [0.2, 0.25) is 0 Å². The maximum atomic E-state index is 11.4. The minimum Gasteiger partial charge on any atom is -0.462 e. The van der Waals surface area contributed by atoms with Crippen LogP contribution in [-0.2, 0) is 19.0 Å². The number of carbonyl (C=O) groups is 1. The van der Waals surface area contributed by atoms with Crippen LogP contribution < -0.4 is 0 Å². The fourth-order valence-corrected chi connectivity index (χ4v) is 3.85. The van der Waals surface area contributed by atoms with Crippen LogP contribution in [0.15, 0.2) is 5.11 Å². The molecule has 2 aliphatic heterocycles. The van der Waals surface area contributed by atoms with Gasteiger partial charge in [-0.3, -0.25) is 4.79 Å². The number of aliphatic hydroxyl groups excluding tert-OH is 2. The molecule has 2 N–H and O–H groups in total. The molecular formula is C15H23N3O6. The summed E-state index contributed by atoms with van der Waals surface area (Å²) in [5.41, 5.74) is 8.92. The number of aliphatic hydroxyl groups is 2. The Bertz CT molecular complexity index is 517. The summed E-state index contributed by atoms with van der Waals surface area (Å²) in [7, 11) is 0. The van der Waals surface area contributed by atoms with Crippen LogP contribution in [0.5, 0.6) is 0 Å². The fraction of sp³-hybridized carbons (Fsp3) is 0.933. The molecule has 0 aromatic carbocycles. The van der Waals surface area contributed by atoms with E-state index in [4.69, 9.17) is 19.7 Å². The maximum absolute atomic E-state index is 11.4. The highest BCUT2D eigenvalue weighted by atomic mass is 16.8. The molecule has 0 unspecified atom stereocenters. The largest absolute Gasteiger partial charge is 0.462 e. The molecule has 0 aromatic rings. The molecule has 0 bridgehead atoms. The van der Waals surface area contributed by atoms with Crippen LogP contribution in [0.2, 0.25) is 0 Å². The van der Waals surface area contributed by atoms with Gasteiger partial charge in [-0.25, -0.2) is 0 Å². The molecule has 3 fully saturated rings. The van der Waals surface area contributed by atoms with Crippen molar-refractivity contribution in [1.82, 2.24) is 0 Å². The molecule has 1 spiro atoms. The Morgan fingerprint density at radius 3 is 2.58 bits per heavy atom. The molecule has 3 aliphatic rings. The van der Waals surface area contributed by atoms with E-state index in [-0.39, 0.29) is 12.4 Å². The number of azide groups is 1. The molecule has 3 rings (SSSR count). The molecule has 1 saturated carbocycles. The molecule has 134 valence electrons. The van der Waals surface area contributed by atoms with Gasteiger partial charge >= 0.3 is 5.97 Å². The van der Waals surface area contributed by atoms with Gasteiger partial charge in [0.25, 0.3) is 0 Å². The molecule has 0 amide bonds. The van der Waals surface area contributed by atoms with Crippen LogP contribution in [0.4, 0.5) is 0 Å². The highest BCUT2D eigenvalue weighted by Crippen LogP contribution is 2.43. The average molecular weight is 341 g/mol. The van der Waals surface area contributed by atoms with E-state index < -0.39 is 42.9 Å². The molecule has 2 heterocycles. The van der Waals surface area contributed by atoms with Gasteiger partial charge in [0.05, 0.1) is 6.61 Å². The summed E-state index contributed by atoms with van der Waals surface area (Å²) >= 11 is 0. The van der Waals surface area contributed by atoms with Crippen molar-refractivity contribution in [3.05, 3.63) is 10.4 Å². The zero-order valence-corrected chi connectivity index (χ0v) is 13.4. The van der Waals surface area contributed by atoms with E-state index in [0.29, 0.717) is 19.3 Å². The summed E-state index contributed by atoms with van der Waals surface area (Å²) in [6.45, 7) is -0.492. The second kappa shape index (κ2) is 7.25. The van der Waals surface area contributed by atoms with Gasteiger partial charge in [-0.2, -0.15) is 0 Å². The highest BCUT2D eigenvalue weighted by molar-refractivity contribution is 5.71. The molecule has 24 heavy (non-hydrogen) atoms. The minimum atomic E-state index is -1.16. The fourth-order valence-electron chi connectivity index (χ4n) is 3.85. The third-order valence-corrected chi connectivity index (χ3v) is 5.03. The van der Waals surface area contributed by atoms with E-state index in [1.54, 1.807) is 0 Å². The zero-order valence-electron chi connectivity index (χ0n) is 13.4. The van der Waals surface area contributed by atoms with Crippen LogP contribution >= 0.6 is 0 Å². The number of rotatable bonds is 5. The number of cyclic esters (lactones) is 1. The Kier molecular flexibility index (Phi) is 5.27. The van der Waals surface area contributed by atoms with E-state index in [2.05, 4.69) is 10.0 Å². The zero-order chi connectivity index (χ0) is 17.2. The molecule has 9 heteroatoms. The predicted molar refractivity (Wildman–Crippen MR) is 80.7 cm³/mol. The summed E-state index contributed by atoms with van der Waals surface area (Å²) in [5, 5.41) is 23.3. The molecule has 5 atom stereocenters. The summed E-state index contributed by atoms with van der Waals surface area (Å²) < 4.78 is 17.4. The van der Waals surface area contributed by atoms with E-state index in [1.807, 2.05) is 0 Å². The van der Waals surface area contributed by atoms with E-state index in [9.17, 15) is 15.0 Å². The Labute approximate surface area is 139 Å². The van der Waals surface area contributed by atoms with Gasteiger partial charge in [0, 0.05) is 24.2 Å². The lowest BCUT2D eigenvalue weighted by molar-refractivity contribution is -0.203. The van der Waals surface area contributed by atoms with Crippen molar-refractivity contribution in [3.63, 3.8) is 0 Å². The first-order valence-electron chi connectivity index (χ1n) is 8.47. The first kappa shape index (κ1) is 17.4. The highest BCUT2D eigenvalue weighted by Gasteiger charge is 2.54. The minimum absolute atomic E-state index is 0.258. The molecule has 9 nitrogen and oxygen atoms in total. The van der Waals surface area contributed by atoms with Crippen molar-refractivity contribution in [2.45, 2.75) is 81.2 Å². The summed E-state index contributed by atoms with van der Waals surface area (Å²) in [6, 6.07) is -0.797. The molecule has 0 aromatic heterocycles. The molecule has 0 radical (unpaired) electrons. The first-order valence-corrected chi connectivity index (χ1v) is 8.47. The van der Waals surface area contributed by atoms with Gasteiger partial charge < -0.3 is 24.4 Å². The van der Waals surface area contributed by atoms with Crippen LogP contribution in [0.1, 0.15) is 44.9 Å². The third-order valence-electron chi connectivity index (χ3n) is 5.03. The van der Waals surface area contributed by atoms with Gasteiger partial charge in [0.15, 0.2) is 5.79 Å². The number of hydrogen-bond acceptors (Lipinski definition) is 7. The van der Waals surface area contributed by atoms with Gasteiger partial charge in [0.1, 0.15) is 30.5 Å². The Hall–Kier alpha value is -1.38. The number of hydrogen-bond donors (Lipinski definition) is 2. The molecular weight excluding hydrogens is 318 g/mol. The maximum Gasteiger partial charge on any atom is 0.306 e. The van der Waals surface area contributed by atoms with Crippen LogP contribution in [0.3, 0.4) is 0 Å². The number of carbonyl (C=O) groups excluding carboxylic acids is 1. The predicted octanol–water partition coefficient (Wildman–Crippen LogP) is 1.17. The Morgan fingerprint density at radius 1 is 1.29 bits per heavy atom. The lowest BCUT2D eigenvalue weighted by Crippen LogP contribution is -2.47. The van der Waals surface area contributed by atoms with Gasteiger partial charge in [-0.1, -0.05) is 11.5 Å². The summed E-state index contributed by atoms with van der Waals surface area (Å²) in [5.74, 6) is -1.17. The van der Waals surface area contributed by atoms with Crippen molar-refractivity contribution in [1.29, 1.82) is 0 Å². The smallest absolute Gasteiger partial charge is 0.306 e. The monoisotopic (exact) mass is 341 g/mol. The van der Waals surface area contributed by atoms with Crippen LogP contribution in [0.25, 0.3) is 10.4 Å². The van der Waals surface area contributed by atoms with Crippen molar-refractivity contribution < 1.29 is 29.2 Å². The first-order chi connectivity index (χ1) is 11.6. The average Bonchev–Trinajstić information content (AvgIpc) is 3.17. The van der Waals surface area contributed by atoms with E-state index in [0.717, 1.165) is 19.3 Å². The Morgan fingerprint density at radius 2 is 2.00 bits per heavy atom. The Balaban J connectivity index is 1.85. The normalized spacial score (nSPS) is 34.6. The van der Waals surface area contributed by atoms with E-state index >= 15 is 0 Å². The second-order valence-corrected chi connectivity index (χ2v) is 6.65. The quantitative estimate of drug-likeness (QED) is 0.333. The van der Waals surface area contributed by atoms with Crippen molar-refractivity contribution in [2.75, 3.05) is 6.61 Å². The standard InChI is InChI=1S/C15H23N3O6/c16-18-17-12(10-4-5-11(21)22-10)14-13(9(20)8-19)23-15(24-14)6-2-1-3-7-15/h9-10,12-14,19-20H,1-8H2/t9-,10-,12+,13-,14+/m1/s1. The van der Waals surface area contributed by atoms with Crippen LogP contribution in [-0.4, -0.2) is 59.0 Å². The van der Waals surface area contributed by atoms with Crippen LogP contribution in [0, 0.1) is 0 Å². The number of esters is 1. The number of nitrogens with zero attached hydrogens (tertiary/aromatic N) is 3. The molecule has 1 aliphatic carbocycles. The second-order valence-electron chi connectivity index (χ2n) is 6.65.